The fraction of sp³-hybridized carbons (Fsp3) is 0.409. The normalized spacial score (nSPS) is 10.6. The Balaban J connectivity index is 1.92. The standard InChI is InChI=1S/C22H29NO4/c1-16(2)11-12-27-20-10-9-17(13-21(20)26-4)15-23-22(24)14-18-7-5-6-8-19(18)25-3/h5-10,13,16H,11-12,14-15H2,1-4H3,(H,23,24). The van der Waals surface area contributed by atoms with Crippen molar-refractivity contribution in [2.24, 2.45) is 5.92 Å². The third-order valence-electron chi connectivity index (χ3n) is 4.21. The van der Waals surface area contributed by atoms with Crippen LogP contribution >= 0.6 is 0 Å². The highest BCUT2D eigenvalue weighted by atomic mass is 16.5. The summed E-state index contributed by atoms with van der Waals surface area (Å²) in [5.41, 5.74) is 1.82. The molecule has 0 saturated heterocycles. The number of rotatable bonds is 10. The third-order valence-corrected chi connectivity index (χ3v) is 4.21. The average Bonchev–Trinajstić information content (AvgIpc) is 2.67. The lowest BCUT2D eigenvalue weighted by Crippen LogP contribution is -2.24. The lowest BCUT2D eigenvalue weighted by Gasteiger charge is -2.13. The van der Waals surface area contributed by atoms with Gasteiger partial charge >= 0.3 is 0 Å². The van der Waals surface area contributed by atoms with Crippen molar-refractivity contribution in [3.63, 3.8) is 0 Å². The molecule has 0 atom stereocenters. The lowest BCUT2D eigenvalue weighted by atomic mass is 10.1. The molecule has 5 heteroatoms. The summed E-state index contributed by atoms with van der Waals surface area (Å²) in [5, 5.41) is 2.94. The van der Waals surface area contributed by atoms with Crippen molar-refractivity contribution < 1.29 is 19.0 Å². The largest absolute Gasteiger partial charge is 0.496 e. The molecule has 27 heavy (non-hydrogen) atoms. The van der Waals surface area contributed by atoms with Crippen LogP contribution in [0.5, 0.6) is 17.2 Å². The topological polar surface area (TPSA) is 56.8 Å². The van der Waals surface area contributed by atoms with E-state index < -0.39 is 0 Å². The molecule has 0 heterocycles. The van der Waals surface area contributed by atoms with Crippen LogP contribution in [-0.2, 0) is 17.8 Å². The maximum Gasteiger partial charge on any atom is 0.224 e. The van der Waals surface area contributed by atoms with Crippen LogP contribution in [0.25, 0.3) is 0 Å². The number of hydrogen-bond donors (Lipinski definition) is 1. The van der Waals surface area contributed by atoms with E-state index in [9.17, 15) is 4.79 Å². The average molecular weight is 371 g/mol. The van der Waals surface area contributed by atoms with E-state index in [1.807, 2.05) is 42.5 Å². The van der Waals surface area contributed by atoms with Gasteiger partial charge in [0.15, 0.2) is 11.5 Å². The van der Waals surface area contributed by atoms with E-state index in [4.69, 9.17) is 14.2 Å². The Bertz CT molecular complexity index is 743. The van der Waals surface area contributed by atoms with Gasteiger partial charge in [-0.2, -0.15) is 0 Å². The highest BCUT2D eigenvalue weighted by Crippen LogP contribution is 2.28. The van der Waals surface area contributed by atoms with Crippen LogP contribution in [0.2, 0.25) is 0 Å². The second-order valence-electron chi connectivity index (χ2n) is 6.78. The van der Waals surface area contributed by atoms with Crippen LogP contribution in [0.4, 0.5) is 0 Å². The predicted octanol–water partition coefficient (Wildman–Crippen LogP) is 3.99. The number of amides is 1. The zero-order valence-corrected chi connectivity index (χ0v) is 16.6. The number of para-hydroxylation sites is 1. The second kappa shape index (κ2) is 10.5. The van der Waals surface area contributed by atoms with Crippen LogP contribution in [0.15, 0.2) is 42.5 Å². The molecule has 0 bridgehead atoms. The molecule has 0 aliphatic rings. The number of carbonyl (C=O) groups excluding carboxylic acids is 1. The number of carbonyl (C=O) groups is 1. The Hall–Kier alpha value is -2.69. The molecule has 5 nitrogen and oxygen atoms in total. The number of ether oxygens (including phenoxy) is 3. The van der Waals surface area contributed by atoms with E-state index in [2.05, 4.69) is 19.2 Å². The van der Waals surface area contributed by atoms with Crippen molar-refractivity contribution in [2.75, 3.05) is 20.8 Å². The fourth-order valence-corrected chi connectivity index (χ4v) is 2.63. The van der Waals surface area contributed by atoms with Gasteiger partial charge < -0.3 is 19.5 Å². The first kappa shape index (κ1) is 20.6. The van der Waals surface area contributed by atoms with Crippen molar-refractivity contribution in [3.8, 4) is 17.2 Å². The van der Waals surface area contributed by atoms with Crippen LogP contribution in [0, 0.1) is 5.92 Å². The van der Waals surface area contributed by atoms with E-state index in [-0.39, 0.29) is 12.3 Å². The molecule has 2 aromatic rings. The highest BCUT2D eigenvalue weighted by molar-refractivity contribution is 5.79. The minimum absolute atomic E-state index is 0.0595. The smallest absolute Gasteiger partial charge is 0.224 e. The van der Waals surface area contributed by atoms with Crippen molar-refractivity contribution in [1.82, 2.24) is 5.32 Å². The van der Waals surface area contributed by atoms with Gasteiger partial charge in [0, 0.05) is 12.1 Å². The van der Waals surface area contributed by atoms with Crippen LogP contribution in [0.1, 0.15) is 31.4 Å². The molecule has 0 aromatic heterocycles. The zero-order valence-electron chi connectivity index (χ0n) is 16.6. The lowest BCUT2D eigenvalue weighted by molar-refractivity contribution is -0.120. The maximum atomic E-state index is 12.3. The molecular weight excluding hydrogens is 342 g/mol. The van der Waals surface area contributed by atoms with Gasteiger partial charge in [-0.3, -0.25) is 4.79 Å². The molecule has 0 fully saturated rings. The Labute approximate surface area is 161 Å². The monoisotopic (exact) mass is 371 g/mol. The summed E-state index contributed by atoms with van der Waals surface area (Å²) >= 11 is 0. The van der Waals surface area contributed by atoms with Crippen molar-refractivity contribution in [1.29, 1.82) is 0 Å². The van der Waals surface area contributed by atoms with Gasteiger partial charge in [0.1, 0.15) is 5.75 Å². The van der Waals surface area contributed by atoms with Crippen molar-refractivity contribution >= 4 is 5.91 Å². The minimum atomic E-state index is -0.0595. The van der Waals surface area contributed by atoms with E-state index in [0.717, 1.165) is 29.0 Å². The minimum Gasteiger partial charge on any atom is -0.496 e. The SMILES string of the molecule is COc1ccccc1CC(=O)NCc1ccc(OCCC(C)C)c(OC)c1. The number of benzene rings is 2. The fourth-order valence-electron chi connectivity index (χ4n) is 2.63. The van der Waals surface area contributed by atoms with Gasteiger partial charge in [0.2, 0.25) is 5.91 Å². The first-order valence-electron chi connectivity index (χ1n) is 9.21. The second-order valence-corrected chi connectivity index (χ2v) is 6.78. The summed E-state index contributed by atoms with van der Waals surface area (Å²) in [4.78, 5) is 12.3. The first-order valence-corrected chi connectivity index (χ1v) is 9.21. The molecule has 146 valence electrons. The van der Waals surface area contributed by atoms with Crippen LogP contribution in [0.3, 0.4) is 0 Å². The number of nitrogens with one attached hydrogen (secondary N) is 1. The van der Waals surface area contributed by atoms with Gasteiger partial charge in [-0.25, -0.2) is 0 Å². The summed E-state index contributed by atoms with van der Waals surface area (Å²) in [5.74, 6) is 2.65. The van der Waals surface area contributed by atoms with E-state index >= 15 is 0 Å². The molecule has 2 rings (SSSR count). The first-order chi connectivity index (χ1) is 13.0. The molecular formula is C22H29NO4. The summed E-state index contributed by atoms with van der Waals surface area (Å²) in [6.45, 7) is 5.41. The molecule has 1 amide bonds. The molecule has 0 unspecified atom stereocenters. The van der Waals surface area contributed by atoms with Crippen molar-refractivity contribution in [2.45, 2.75) is 33.2 Å². The predicted molar refractivity (Wildman–Crippen MR) is 106 cm³/mol. The Kier molecular flexibility index (Phi) is 7.99. The summed E-state index contributed by atoms with van der Waals surface area (Å²) < 4.78 is 16.5. The molecule has 0 aliphatic carbocycles. The Morgan fingerprint density at radius 1 is 1.00 bits per heavy atom. The maximum absolute atomic E-state index is 12.3. The zero-order chi connectivity index (χ0) is 19.6. The van der Waals surface area contributed by atoms with Gasteiger partial charge in [0.05, 0.1) is 27.2 Å². The molecule has 0 spiro atoms. The quantitative estimate of drug-likeness (QED) is 0.686. The summed E-state index contributed by atoms with van der Waals surface area (Å²) in [6.07, 6.45) is 1.27. The van der Waals surface area contributed by atoms with Crippen LogP contribution < -0.4 is 19.5 Å². The third kappa shape index (κ3) is 6.51. The molecule has 2 aromatic carbocycles. The van der Waals surface area contributed by atoms with Crippen LogP contribution in [-0.4, -0.2) is 26.7 Å². The Morgan fingerprint density at radius 3 is 2.44 bits per heavy atom. The van der Waals surface area contributed by atoms with E-state index in [1.54, 1.807) is 14.2 Å². The summed E-state index contributed by atoms with van der Waals surface area (Å²) in [6, 6.07) is 13.3. The Morgan fingerprint density at radius 2 is 1.74 bits per heavy atom. The van der Waals surface area contributed by atoms with E-state index in [0.29, 0.717) is 24.8 Å². The highest BCUT2D eigenvalue weighted by Gasteiger charge is 2.10. The molecule has 0 radical (unpaired) electrons. The van der Waals surface area contributed by atoms with Gasteiger partial charge in [-0.1, -0.05) is 38.1 Å². The summed E-state index contributed by atoms with van der Waals surface area (Å²) in [7, 11) is 3.22. The van der Waals surface area contributed by atoms with Crippen molar-refractivity contribution in [3.05, 3.63) is 53.6 Å². The van der Waals surface area contributed by atoms with Gasteiger partial charge in [0.25, 0.3) is 0 Å². The molecule has 0 aliphatic heterocycles. The number of hydrogen-bond acceptors (Lipinski definition) is 4. The number of methoxy groups -OCH3 is 2. The molecule has 1 N–H and O–H groups in total. The molecule has 0 saturated carbocycles. The van der Waals surface area contributed by atoms with Gasteiger partial charge in [-0.15, -0.1) is 0 Å². The van der Waals surface area contributed by atoms with Gasteiger partial charge in [-0.05, 0) is 36.1 Å². The van der Waals surface area contributed by atoms with E-state index in [1.165, 1.54) is 0 Å².